The highest BCUT2D eigenvalue weighted by molar-refractivity contribution is 5.44. The fourth-order valence-electron chi connectivity index (χ4n) is 3.37. The molecule has 0 aromatic heterocycles. The minimum absolute atomic E-state index is 0.711. The van der Waals surface area contributed by atoms with E-state index in [1.54, 1.807) is 0 Å². The molecule has 0 aliphatic heterocycles. The molecule has 112 valence electrons. The van der Waals surface area contributed by atoms with E-state index < -0.39 is 0 Å². The average Bonchev–Trinajstić information content (AvgIpc) is 2.86. The second-order valence-electron chi connectivity index (χ2n) is 6.15. The molecule has 1 aromatic rings. The molecule has 0 amide bonds. The first-order chi connectivity index (χ1) is 9.63. The Morgan fingerprint density at radius 3 is 2.65 bits per heavy atom. The molecule has 2 unspecified atom stereocenters. The summed E-state index contributed by atoms with van der Waals surface area (Å²) in [5.41, 5.74) is 3.86. The van der Waals surface area contributed by atoms with Crippen molar-refractivity contribution in [3.05, 3.63) is 28.8 Å². The van der Waals surface area contributed by atoms with Crippen molar-refractivity contribution < 1.29 is 4.74 Å². The largest absolute Gasteiger partial charge is 0.493 e. The SMILES string of the molecule is CCNC1CCCC1CCOc1c(C)ccc(C)c1C. The Morgan fingerprint density at radius 1 is 1.15 bits per heavy atom. The topological polar surface area (TPSA) is 21.3 Å². The molecule has 0 spiro atoms. The quantitative estimate of drug-likeness (QED) is 0.841. The van der Waals surface area contributed by atoms with Gasteiger partial charge in [0.1, 0.15) is 5.75 Å². The molecule has 0 radical (unpaired) electrons. The first-order valence-corrected chi connectivity index (χ1v) is 8.06. The van der Waals surface area contributed by atoms with Crippen LogP contribution in [0, 0.1) is 26.7 Å². The number of ether oxygens (including phenoxy) is 1. The van der Waals surface area contributed by atoms with Gasteiger partial charge in [0, 0.05) is 6.04 Å². The molecule has 1 fully saturated rings. The summed E-state index contributed by atoms with van der Waals surface area (Å²) in [6, 6.07) is 5.05. The van der Waals surface area contributed by atoms with Gasteiger partial charge in [-0.05, 0) is 69.2 Å². The number of hydrogen-bond acceptors (Lipinski definition) is 2. The predicted molar refractivity (Wildman–Crippen MR) is 85.6 cm³/mol. The summed E-state index contributed by atoms with van der Waals surface area (Å²) in [6.45, 7) is 10.6. The van der Waals surface area contributed by atoms with Crippen LogP contribution < -0.4 is 10.1 Å². The van der Waals surface area contributed by atoms with Gasteiger partial charge in [-0.25, -0.2) is 0 Å². The van der Waals surface area contributed by atoms with Crippen LogP contribution in [-0.4, -0.2) is 19.2 Å². The Morgan fingerprint density at radius 2 is 1.90 bits per heavy atom. The number of nitrogens with one attached hydrogen (secondary N) is 1. The standard InChI is InChI=1S/C18H29NO/c1-5-19-17-8-6-7-16(17)11-12-20-18-14(3)10-9-13(2)15(18)4/h9-10,16-17,19H,5-8,11-12H2,1-4H3. The minimum Gasteiger partial charge on any atom is -0.493 e. The zero-order valence-corrected chi connectivity index (χ0v) is 13.5. The summed E-state index contributed by atoms with van der Waals surface area (Å²) in [7, 11) is 0. The summed E-state index contributed by atoms with van der Waals surface area (Å²) in [4.78, 5) is 0. The van der Waals surface area contributed by atoms with Gasteiger partial charge in [0.2, 0.25) is 0 Å². The Kier molecular flexibility index (Phi) is 5.47. The maximum Gasteiger partial charge on any atom is 0.125 e. The van der Waals surface area contributed by atoms with Crippen LogP contribution in [0.25, 0.3) is 0 Å². The highest BCUT2D eigenvalue weighted by Gasteiger charge is 2.26. The van der Waals surface area contributed by atoms with Gasteiger partial charge < -0.3 is 10.1 Å². The molecular formula is C18H29NO. The number of aryl methyl sites for hydroxylation is 2. The monoisotopic (exact) mass is 275 g/mol. The van der Waals surface area contributed by atoms with E-state index in [4.69, 9.17) is 4.74 Å². The average molecular weight is 275 g/mol. The summed E-state index contributed by atoms with van der Waals surface area (Å²) < 4.78 is 6.11. The molecule has 1 aliphatic carbocycles. The van der Waals surface area contributed by atoms with Gasteiger partial charge >= 0.3 is 0 Å². The Labute approximate surface area is 123 Å². The third kappa shape index (κ3) is 3.54. The van der Waals surface area contributed by atoms with Crippen molar-refractivity contribution in [3.63, 3.8) is 0 Å². The van der Waals surface area contributed by atoms with E-state index in [1.165, 1.54) is 42.4 Å². The van der Waals surface area contributed by atoms with Crippen LogP contribution in [-0.2, 0) is 0 Å². The highest BCUT2D eigenvalue weighted by Crippen LogP contribution is 2.30. The fourth-order valence-corrected chi connectivity index (χ4v) is 3.37. The van der Waals surface area contributed by atoms with Gasteiger partial charge in [-0.1, -0.05) is 25.5 Å². The lowest BCUT2D eigenvalue weighted by molar-refractivity contribution is 0.258. The van der Waals surface area contributed by atoms with Crippen LogP contribution in [0.3, 0.4) is 0 Å². The Hall–Kier alpha value is -1.02. The first-order valence-electron chi connectivity index (χ1n) is 8.06. The lowest BCUT2D eigenvalue weighted by atomic mass is 10.00. The Bertz CT molecular complexity index is 441. The number of benzene rings is 1. The van der Waals surface area contributed by atoms with Gasteiger partial charge in [-0.2, -0.15) is 0 Å². The molecule has 1 N–H and O–H groups in total. The van der Waals surface area contributed by atoms with E-state index in [-0.39, 0.29) is 0 Å². The van der Waals surface area contributed by atoms with Crippen molar-refractivity contribution in [1.29, 1.82) is 0 Å². The molecule has 1 saturated carbocycles. The van der Waals surface area contributed by atoms with Crippen LogP contribution in [0.4, 0.5) is 0 Å². The van der Waals surface area contributed by atoms with E-state index in [2.05, 4.69) is 45.1 Å². The summed E-state index contributed by atoms with van der Waals surface area (Å²) in [6.07, 6.45) is 5.23. The van der Waals surface area contributed by atoms with Crippen LogP contribution in [0.2, 0.25) is 0 Å². The lowest BCUT2D eigenvalue weighted by Crippen LogP contribution is -2.32. The third-order valence-corrected chi connectivity index (χ3v) is 4.73. The van der Waals surface area contributed by atoms with Gasteiger partial charge in [0.25, 0.3) is 0 Å². The van der Waals surface area contributed by atoms with Gasteiger partial charge in [0.05, 0.1) is 6.61 Å². The number of rotatable bonds is 6. The zero-order valence-electron chi connectivity index (χ0n) is 13.5. The van der Waals surface area contributed by atoms with Crippen LogP contribution >= 0.6 is 0 Å². The van der Waals surface area contributed by atoms with E-state index in [0.29, 0.717) is 6.04 Å². The van der Waals surface area contributed by atoms with E-state index in [9.17, 15) is 0 Å². The normalized spacial score (nSPS) is 22.2. The van der Waals surface area contributed by atoms with Crippen molar-refractivity contribution in [1.82, 2.24) is 5.32 Å². The number of hydrogen-bond donors (Lipinski definition) is 1. The first kappa shape index (κ1) is 15.4. The van der Waals surface area contributed by atoms with Crippen LogP contribution in [0.5, 0.6) is 5.75 Å². The molecule has 2 rings (SSSR count). The summed E-state index contributed by atoms with van der Waals surface area (Å²) in [5.74, 6) is 1.89. The second kappa shape index (κ2) is 7.12. The molecule has 0 saturated heterocycles. The van der Waals surface area contributed by atoms with Crippen LogP contribution in [0.15, 0.2) is 12.1 Å². The molecule has 2 heteroatoms. The van der Waals surface area contributed by atoms with Crippen molar-refractivity contribution in [2.75, 3.05) is 13.2 Å². The minimum atomic E-state index is 0.711. The zero-order chi connectivity index (χ0) is 14.5. The third-order valence-electron chi connectivity index (χ3n) is 4.73. The molecule has 0 bridgehead atoms. The maximum atomic E-state index is 6.11. The molecule has 20 heavy (non-hydrogen) atoms. The fraction of sp³-hybridized carbons (Fsp3) is 0.667. The predicted octanol–water partition coefficient (Wildman–Crippen LogP) is 4.16. The second-order valence-corrected chi connectivity index (χ2v) is 6.15. The molecule has 1 aromatic carbocycles. The lowest BCUT2D eigenvalue weighted by Gasteiger charge is -2.21. The van der Waals surface area contributed by atoms with Crippen molar-refractivity contribution in [2.45, 2.75) is 59.4 Å². The molecular weight excluding hydrogens is 246 g/mol. The van der Waals surface area contributed by atoms with Gasteiger partial charge in [0.15, 0.2) is 0 Å². The van der Waals surface area contributed by atoms with Gasteiger partial charge in [-0.15, -0.1) is 0 Å². The van der Waals surface area contributed by atoms with Crippen molar-refractivity contribution in [2.24, 2.45) is 5.92 Å². The molecule has 2 nitrogen and oxygen atoms in total. The van der Waals surface area contributed by atoms with Crippen molar-refractivity contribution in [3.8, 4) is 5.75 Å². The van der Waals surface area contributed by atoms with Crippen LogP contribution in [0.1, 0.15) is 49.3 Å². The van der Waals surface area contributed by atoms with Crippen molar-refractivity contribution >= 4 is 0 Å². The van der Waals surface area contributed by atoms with E-state index >= 15 is 0 Å². The molecule has 0 heterocycles. The summed E-state index contributed by atoms with van der Waals surface area (Å²) >= 11 is 0. The van der Waals surface area contributed by atoms with E-state index in [1.807, 2.05) is 0 Å². The Balaban J connectivity index is 1.88. The molecule has 2 atom stereocenters. The smallest absolute Gasteiger partial charge is 0.125 e. The van der Waals surface area contributed by atoms with E-state index in [0.717, 1.165) is 24.8 Å². The summed E-state index contributed by atoms with van der Waals surface area (Å²) in [5, 5.41) is 3.62. The highest BCUT2D eigenvalue weighted by atomic mass is 16.5. The van der Waals surface area contributed by atoms with Gasteiger partial charge in [-0.3, -0.25) is 0 Å². The maximum absolute atomic E-state index is 6.11. The molecule has 1 aliphatic rings.